The fourth-order valence-corrected chi connectivity index (χ4v) is 5.25. The minimum absolute atomic E-state index is 0.100. The number of fused-ring (bicyclic) bond motifs is 1. The number of nitrogen functional groups attached to an aromatic ring is 1. The van der Waals surface area contributed by atoms with Gasteiger partial charge in [0.2, 0.25) is 0 Å². The monoisotopic (exact) mass is 435 g/mol. The number of nitrogens with two attached hydrogens (primary N) is 2. The summed E-state index contributed by atoms with van der Waals surface area (Å²) >= 11 is 0. The summed E-state index contributed by atoms with van der Waals surface area (Å²) in [5.41, 5.74) is 13.9. The number of halogens is 2. The molecule has 2 unspecified atom stereocenters. The molecule has 1 aromatic rings. The molecule has 3 saturated carbocycles. The van der Waals surface area contributed by atoms with Crippen LogP contribution in [0.3, 0.4) is 0 Å². The van der Waals surface area contributed by atoms with E-state index in [9.17, 15) is 8.78 Å². The lowest BCUT2D eigenvalue weighted by atomic mass is 9.68. The molecule has 4 aliphatic rings. The molecule has 9 heteroatoms. The summed E-state index contributed by atoms with van der Waals surface area (Å²) in [5, 5.41) is 0. The Kier molecular flexibility index (Phi) is 6.16. The van der Waals surface area contributed by atoms with E-state index in [-0.39, 0.29) is 17.6 Å². The summed E-state index contributed by atoms with van der Waals surface area (Å²) in [6.45, 7) is 3.09. The van der Waals surface area contributed by atoms with Crippen LogP contribution in [0, 0.1) is 17.8 Å². The molecule has 4 fully saturated rings. The molecule has 170 valence electrons. The second kappa shape index (κ2) is 8.70. The fraction of sp³-hybridized carbons (Fsp3) is 0.636. The van der Waals surface area contributed by atoms with Gasteiger partial charge in [0.1, 0.15) is 0 Å². The van der Waals surface area contributed by atoms with Crippen molar-refractivity contribution in [2.75, 3.05) is 25.9 Å². The Hall–Kier alpha value is -2.26. The van der Waals surface area contributed by atoms with Crippen LogP contribution in [0.25, 0.3) is 5.70 Å². The van der Waals surface area contributed by atoms with Crippen molar-refractivity contribution in [2.45, 2.75) is 51.5 Å². The Balaban J connectivity index is 1.54. The molecule has 4 N–H and O–H groups in total. The van der Waals surface area contributed by atoms with E-state index >= 15 is 0 Å². The fourth-order valence-electron chi connectivity index (χ4n) is 5.25. The van der Waals surface area contributed by atoms with Crippen molar-refractivity contribution in [3.8, 4) is 5.75 Å². The SMILES string of the molecule is COC1CN([C@H]2C[C@@H]3CC2C3C(C=C(N)c2cnc(N)c(OC(F)F)c2)=NC(C)C)C1. The van der Waals surface area contributed by atoms with Crippen LogP contribution >= 0.6 is 0 Å². The number of allylic oxidation sites excluding steroid dienone is 1. The Morgan fingerprint density at radius 1 is 1.32 bits per heavy atom. The lowest BCUT2D eigenvalue weighted by Crippen LogP contribution is -2.57. The number of hydrogen-bond acceptors (Lipinski definition) is 7. The number of alkyl halides is 2. The van der Waals surface area contributed by atoms with Gasteiger partial charge in [-0.3, -0.25) is 9.89 Å². The molecule has 7 nitrogen and oxygen atoms in total. The maximum Gasteiger partial charge on any atom is 0.387 e. The number of methoxy groups -OCH3 is 1. The van der Waals surface area contributed by atoms with Gasteiger partial charge in [-0.05, 0) is 50.7 Å². The van der Waals surface area contributed by atoms with Gasteiger partial charge in [-0.25, -0.2) is 4.98 Å². The third-order valence-electron chi connectivity index (χ3n) is 6.74. The van der Waals surface area contributed by atoms with Gasteiger partial charge in [-0.2, -0.15) is 8.78 Å². The third kappa shape index (κ3) is 4.39. The first-order valence-electron chi connectivity index (χ1n) is 10.8. The summed E-state index contributed by atoms with van der Waals surface area (Å²) in [6.07, 6.45) is 6.07. The number of anilines is 1. The molecule has 0 spiro atoms. The average Bonchev–Trinajstić information content (AvgIpc) is 3.21. The lowest BCUT2D eigenvalue weighted by Gasteiger charge is -2.45. The van der Waals surface area contributed by atoms with Gasteiger partial charge in [0, 0.05) is 61.4 Å². The number of ether oxygens (including phenoxy) is 2. The summed E-state index contributed by atoms with van der Waals surface area (Å²) in [7, 11) is 1.77. The van der Waals surface area contributed by atoms with Gasteiger partial charge in [0.15, 0.2) is 11.6 Å². The second-order valence-electron chi connectivity index (χ2n) is 9.03. The van der Waals surface area contributed by atoms with Crippen molar-refractivity contribution >= 4 is 17.2 Å². The van der Waals surface area contributed by atoms with Crippen molar-refractivity contribution < 1.29 is 18.3 Å². The lowest BCUT2D eigenvalue weighted by molar-refractivity contribution is -0.0574. The highest BCUT2D eigenvalue weighted by Gasteiger charge is 2.57. The summed E-state index contributed by atoms with van der Waals surface area (Å²) in [5.74, 6) is 1.25. The summed E-state index contributed by atoms with van der Waals surface area (Å²) < 4.78 is 35.2. The molecule has 1 aliphatic heterocycles. The maximum absolute atomic E-state index is 12.6. The van der Waals surface area contributed by atoms with Gasteiger partial charge in [-0.15, -0.1) is 0 Å². The molecule has 5 rings (SSSR count). The van der Waals surface area contributed by atoms with Crippen LogP contribution in [-0.2, 0) is 4.74 Å². The van der Waals surface area contributed by atoms with E-state index in [0.717, 1.165) is 18.8 Å². The quantitative estimate of drug-likeness (QED) is 0.609. The standard InChI is InChI=1S/C22H31F2N5O2/c1-11(2)28-17(7-16(25)13-6-19(31-22(23)24)21(26)27-8-13)20-12-4-15(20)18(5-12)29-9-14(10-29)30-3/h6-8,11-12,14-15,18,20,22H,4-5,9-10,25H2,1-3H3,(H2,26,27)/t12-,15?,18-,20?/m0/s1. The molecule has 1 saturated heterocycles. The molecule has 4 atom stereocenters. The predicted octanol–water partition coefficient (Wildman–Crippen LogP) is 2.77. The number of aliphatic imine (C=N–C) groups is 1. The highest BCUT2D eigenvalue weighted by molar-refractivity contribution is 6.03. The average molecular weight is 436 g/mol. The van der Waals surface area contributed by atoms with Crippen molar-refractivity contribution in [2.24, 2.45) is 28.5 Å². The number of rotatable bonds is 8. The van der Waals surface area contributed by atoms with Crippen molar-refractivity contribution in [3.63, 3.8) is 0 Å². The predicted molar refractivity (Wildman–Crippen MR) is 116 cm³/mol. The topological polar surface area (TPSA) is 99.0 Å². The molecular weight excluding hydrogens is 404 g/mol. The zero-order chi connectivity index (χ0) is 22.3. The molecule has 1 aromatic heterocycles. The van der Waals surface area contributed by atoms with Crippen LogP contribution in [0.5, 0.6) is 5.75 Å². The Morgan fingerprint density at radius 2 is 2.06 bits per heavy atom. The molecule has 2 heterocycles. The number of aromatic nitrogens is 1. The van der Waals surface area contributed by atoms with Gasteiger partial charge in [-0.1, -0.05) is 0 Å². The molecule has 31 heavy (non-hydrogen) atoms. The molecular formula is C22H31F2N5O2. The van der Waals surface area contributed by atoms with Gasteiger partial charge in [0.25, 0.3) is 0 Å². The minimum Gasteiger partial charge on any atom is -0.431 e. The van der Waals surface area contributed by atoms with E-state index < -0.39 is 6.61 Å². The number of nitrogens with zero attached hydrogens (tertiary/aromatic N) is 3. The van der Waals surface area contributed by atoms with E-state index in [1.54, 1.807) is 7.11 Å². The summed E-state index contributed by atoms with van der Waals surface area (Å²) in [6, 6.07) is 2.09. The molecule has 0 amide bonds. The van der Waals surface area contributed by atoms with E-state index in [1.807, 2.05) is 19.9 Å². The van der Waals surface area contributed by atoms with Gasteiger partial charge >= 0.3 is 6.61 Å². The third-order valence-corrected chi connectivity index (χ3v) is 6.74. The normalized spacial score (nSPS) is 29.4. The van der Waals surface area contributed by atoms with E-state index in [0.29, 0.717) is 41.2 Å². The van der Waals surface area contributed by atoms with Crippen molar-refractivity contribution in [1.29, 1.82) is 0 Å². The van der Waals surface area contributed by atoms with Crippen LogP contribution in [0.4, 0.5) is 14.6 Å². The first kappa shape index (κ1) is 22.0. The van der Waals surface area contributed by atoms with Crippen LogP contribution in [-0.4, -0.2) is 60.6 Å². The van der Waals surface area contributed by atoms with E-state index in [4.69, 9.17) is 21.2 Å². The first-order valence-corrected chi connectivity index (χ1v) is 10.8. The van der Waals surface area contributed by atoms with E-state index in [1.165, 1.54) is 25.1 Å². The minimum atomic E-state index is -2.98. The van der Waals surface area contributed by atoms with Crippen LogP contribution in [0.2, 0.25) is 0 Å². The highest BCUT2D eigenvalue weighted by atomic mass is 19.3. The number of hydrogen-bond donors (Lipinski definition) is 2. The van der Waals surface area contributed by atoms with Gasteiger partial charge in [0.05, 0.1) is 6.10 Å². The molecule has 2 bridgehead atoms. The van der Waals surface area contributed by atoms with E-state index in [2.05, 4.69) is 14.6 Å². The Bertz CT molecular complexity index is 869. The number of likely N-dealkylation sites (tertiary alicyclic amines) is 1. The van der Waals surface area contributed by atoms with Crippen molar-refractivity contribution in [1.82, 2.24) is 9.88 Å². The molecule has 0 radical (unpaired) electrons. The highest BCUT2D eigenvalue weighted by Crippen LogP contribution is 2.56. The first-order chi connectivity index (χ1) is 14.8. The van der Waals surface area contributed by atoms with Crippen LogP contribution in [0.1, 0.15) is 32.3 Å². The maximum atomic E-state index is 12.6. The van der Waals surface area contributed by atoms with Crippen molar-refractivity contribution in [3.05, 3.63) is 23.9 Å². The molecule has 3 aliphatic carbocycles. The Morgan fingerprint density at radius 3 is 2.71 bits per heavy atom. The number of pyridine rings is 1. The smallest absolute Gasteiger partial charge is 0.387 e. The zero-order valence-corrected chi connectivity index (χ0v) is 18.2. The van der Waals surface area contributed by atoms with Crippen LogP contribution < -0.4 is 16.2 Å². The van der Waals surface area contributed by atoms with Gasteiger partial charge < -0.3 is 20.9 Å². The zero-order valence-electron chi connectivity index (χ0n) is 18.2. The second-order valence-corrected chi connectivity index (χ2v) is 9.03. The Labute approximate surface area is 181 Å². The summed E-state index contributed by atoms with van der Waals surface area (Å²) in [4.78, 5) is 11.4. The largest absolute Gasteiger partial charge is 0.431 e. The van der Waals surface area contributed by atoms with Crippen LogP contribution in [0.15, 0.2) is 23.3 Å². The molecule has 0 aromatic carbocycles.